The Bertz CT molecular complexity index is 433. The van der Waals surface area contributed by atoms with Gasteiger partial charge in [0.25, 0.3) is 0 Å². The van der Waals surface area contributed by atoms with Crippen molar-refractivity contribution in [2.24, 2.45) is 0 Å². The quantitative estimate of drug-likeness (QED) is 0.810. The second-order valence-electron chi connectivity index (χ2n) is 5.13. The van der Waals surface area contributed by atoms with Gasteiger partial charge in [0.15, 0.2) is 0 Å². The summed E-state index contributed by atoms with van der Waals surface area (Å²) in [4.78, 5) is 0. The van der Waals surface area contributed by atoms with Crippen LogP contribution in [0.2, 0.25) is 0 Å². The highest BCUT2D eigenvalue weighted by Crippen LogP contribution is 2.27. The van der Waals surface area contributed by atoms with E-state index in [9.17, 15) is 17.6 Å². The van der Waals surface area contributed by atoms with Crippen LogP contribution in [0.4, 0.5) is 17.6 Å². The van der Waals surface area contributed by atoms with E-state index in [1.165, 1.54) is 12.1 Å². The van der Waals surface area contributed by atoms with Gasteiger partial charge in [-0.05, 0) is 26.8 Å². The van der Waals surface area contributed by atoms with Crippen molar-refractivity contribution in [1.29, 1.82) is 0 Å². The number of nitrogens with one attached hydrogen (secondary N) is 1. The molecule has 20 heavy (non-hydrogen) atoms. The molecule has 0 aromatic heterocycles. The van der Waals surface area contributed by atoms with Gasteiger partial charge in [0, 0.05) is 23.7 Å². The molecule has 0 saturated carbocycles. The van der Waals surface area contributed by atoms with Crippen molar-refractivity contribution in [2.75, 3.05) is 0 Å². The summed E-state index contributed by atoms with van der Waals surface area (Å²) >= 11 is 0. The van der Waals surface area contributed by atoms with E-state index in [4.69, 9.17) is 0 Å². The molecule has 7 heteroatoms. The molecule has 0 aliphatic heterocycles. The molecule has 0 heterocycles. The minimum atomic E-state index is -3.04. The van der Waals surface area contributed by atoms with E-state index in [-0.39, 0.29) is 23.6 Å². The number of benzene rings is 1. The second-order valence-corrected chi connectivity index (χ2v) is 5.13. The predicted octanol–water partition coefficient (Wildman–Crippen LogP) is 3.78. The number of hydrogen-bond donors (Lipinski definition) is 1. The van der Waals surface area contributed by atoms with Crippen molar-refractivity contribution >= 4 is 0 Å². The van der Waals surface area contributed by atoms with Gasteiger partial charge in [-0.3, -0.25) is 0 Å². The van der Waals surface area contributed by atoms with Crippen LogP contribution in [0.25, 0.3) is 0 Å². The molecule has 1 aromatic carbocycles. The van der Waals surface area contributed by atoms with Crippen LogP contribution >= 0.6 is 0 Å². The SMILES string of the molecule is CC(C)(C)NCc1ccc(OC(F)F)cc1OC(F)F. The zero-order valence-corrected chi connectivity index (χ0v) is 11.4. The van der Waals surface area contributed by atoms with Gasteiger partial charge < -0.3 is 14.8 Å². The predicted molar refractivity (Wildman–Crippen MR) is 66.3 cm³/mol. The van der Waals surface area contributed by atoms with Gasteiger partial charge in [0.05, 0.1) is 0 Å². The minimum absolute atomic E-state index is 0.185. The number of rotatable bonds is 6. The summed E-state index contributed by atoms with van der Waals surface area (Å²) in [6.45, 7) is -0.0580. The maximum atomic E-state index is 12.3. The molecule has 0 aliphatic rings. The van der Waals surface area contributed by atoms with Crippen molar-refractivity contribution in [1.82, 2.24) is 5.32 Å². The van der Waals surface area contributed by atoms with E-state index >= 15 is 0 Å². The molecule has 1 rings (SSSR count). The first-order valence-corrected chi connectivity index (χ1v) is 5.95. The molecule has 0 unspecified atom stereocenters. The Kier molecular flexibility index (Phi) is 5.62. The molecular formula is C13H17F4NO2. The normalized spacial score (nSPS) is 12.1. The molecule has 0 aliphatic carbocycles. The van der Waals surface area contributed by atoms with Gasteiger partial charge in [-0.25, -0.2) is 0 Å². The van der Waals surface area contributed by atoms with Crippen LogP contribution in [0.1, 0.15) is 26.3 Å². The number of ether oxygens (including phenoxy) is 2. The lowest BCUT2D eigenvalue weighted by Gasteiger charge is -2.22. The Morgan fingerprint density at radius 2 is 1.65 bits per heavy atom. The molecule has 0 fully saturated rings. The van der Waals surface area contributed by atoms with Crippen LogP contribution in [0.15, 0.2) is 18.2 Å². The first-order chi connectivity index (χ1) is 9.17. The zero-order chi connectivity index (χ0) is 15.3. The van der Waals surface area contributed by atoms with Crippen LogP contribution in [0.5, 0.6) is 11.5 Å². The lowest BCUT2D eigenvalue weighted by Crippen LogP contribution is -2.35. The van der Waals surface area contributed by atoms with Crippen LogP contribution in [-0.4, -0.2) is 18.8 Å². The molecule has 1 aromatic rings. The number of alkyl halides is 4. The van der Waals surface area contributed by atoms with Gasteiger partial charge in [0.2, 0.25) is 0 Å². The zero-order valence-electron chi connectivity index (χ0n) is 11.4. The van der Waals surface area contributed by atoms with Gasteiger partial charge in [-0.2, -0.15) is 17.6 Å². The molecule has 0 amide bonds. The fourth-order valence-corrected chi connectivity index (χ4v) is 1.42. The summed E-state index contributed by atoms with van der Waals surface area (Å²) in [5, 5.41) is 3.10. The van der Waals surface area contributed by atoms with E-state index in [1.54, 1.807) is 0 Å². The summed E-state index contributed by atoms with van der Waals surface area (Å²) in [5.41, 5.74) is 0.210. The largest absolute Gasteiger partial charge is 0.435 e. The third-order valence-corrected chi connectivity index (χ3v) is 2.29. The fraction of sp³-hybridized carbons (Fsp3) is 0.538. The standard InChI is InChI=1S/C13H17F4NO2/c1-13(2,3)18-7-8-4-5-9(19-11(14)15)6-10(8)20-12(16)17/h4-6,11-12,18H,7H2,1-3H3. The van der Waals surface area contributed by atoms with Crippen molar-refractivity contribution in [3.63, 3.8) is 0 Å². The van der Waals surface area contributed by atoms with Crippen LogP contribution in [0, 0.1) is 0 Å². The van der Waals surface area contributed by atoms with Crippen molar-refractivity contribution in [2.45, 2.75) is 46.1 Å². The molecule has 3 nitrogen and oxygen atoms in total. The van der Waals surface area contributed by atoms with Crippen LogP contribution in [0.3, 0.4) is 0 Å². The summed E-state index contributed by atoms with van der Waals surface area (Å²) < 4.78 is 57.4. The molecule has 0 radical (unpaired) electrons. The molecule has 0 bridgehead atoms. The van der Waals surface area contributed by atoms with Crippen LogP contribution < -0.4 is 14.8 Å². The third-order valence-electron chi connectivity index (χ3n) is 2.29. The van der Waals surface area contributed by atoms with Gasteiger partial charge in [0.1, 0.15) is 11.5 Å². The van der Waals surface area contributed by atoms with Gasteiger partial charge >= 0.3 is 13.2 Å². The number of halogens is 4. The number of hydrogen-bond acceptors (Lipinski definition) is 3. The minimum Gasteiger partial charge on any atom is -0.435 e. The molecular weight excluding hydrogens is 278 g/mol. The van der Waals surface area contributed by atoms with E-state index < -0.39 is 13.2 Å². The Morgan fingerprint density at radius 1 is 1.05 bits per heavy atom. The maximum absolute atomic E-state index is 12.3. The summed E-state index contributed by atoms with van der Waals surface area (Å²) in [5.74, 6) is -0.412. The van der Waals surface area contributed by atoms with Crippen molar-refractivity contribution in [3.8, 4) is 11.5 Å². The Balaban J connectivity index is 2.91. The highest BCUT2D eigenvalue weighted by molar-refractivity contribution is 5.40. The average molecular weight is 295 g/mol. The second kappa shape index (κ2) is 6.78. The lowest BCUT2D eigenvalue weighted by atomic mass is 10.1. The topological polar surface area (TPSA) is 30.5 Å². The smallest absolute Gasteiger partial charge is 0.387 e. The molecule has 1 N–H and O–H groups in total. The molecule has 0 atom stereocenters. The molecule has 0 spiro atoms. The highest BCUT2D eigenvalue weighted by atomic mass is 19.3. The van der Waals surface area contributed by atoms with Gasteiger partial charge in [-0.15, -0.1) is 0 Å². The first kappa shape index (κ1) is 16.6. The van der Waals surface area contributed by atoms with E-state index in [2.05, 4.69) is 14.8 Å². The van der Waals surface area contributed by atoms with E-state index in [0.717, 1.165) is 6.07 Å². The summed E-state index contributed by atoms with van der Waals surface area (Å²) in [7, 11) is 0. The molecule has 114 valence electrons. The Labute approximate surface area is 114 Å². The molecule has 0 saturated heterocycles. The first-order valence-electron chi connectivity index (χ1n) is 5.95. The fourth-order valence-electron chi connectivity index (χ4n) is 1.42. The maximum Gasteiger partial charge on any atom is 0.387 e. The summed E-state index contributed by atoms with van der Waals surface area (Å²) in [6.07, 6.45) is 0. The van der Waals surface area contributed by atoms with Crippen molar-refractivity contribution < 1.29 is 27.0 Å². The van der Waals surface area contributed by atoms with Gasteiger partial charge in [-0.1, -0.05) is 6.07 Å². The van der Waals surface area contributed by atoms with E-state index in [0.29, 0.717) is 5.56 Å². The third kappa shape index (κ3) is 6.10. The Hall–Kier alpha value is -1.50. The van der Waals surface area contributed by atoms with Crippen LogP contribution in [-0.2, 0) is 6.54 Å². The summed E-state index contributed by atoms with van der Waals surface area (Å²) in [6, 6.07) is 3.72. The monoisotopic (exact) mass is 295 g/mol. The van der Waals surface area contributed by atoms with E-state index in [1.807, 2.05) is 20.8 Å². The average Bonchev–Trinajstić information content (AvgIpc) is 2.25. The lowest BCUT2D eigenvalue weighted by molar-refractivity contribution is -0.0547. The highest BCUT2D eigenvalue weighted by Gasteiger charge is 2.15. The Morgan fingerprint density at radius 3 is 2.15 bits per heavy atom. The van der Waals surface area contributed by atoms with Crippen molar-refractivity contribution in [3.05, 3.63) is 23.8 Å².